The maximum absolute atomic E-state index is 2.40. The Morgan fingerprint density at radius 3 is 2.53 bits per heavy atom. The zero-order valence-electron chi connectivity index (χ0n) is 10.8. The average molecular weight is 206 g/mol. The van der Waals surface area contributed by atoms with E-state index in [-0.39, 0.29) is 0 Å². The van der Waals surface area contributed by atoms with Gasteiger partial charge in [0.15, 0.2) is 0 Å². The number of hydrogen-bond acceptors (Lipinski definition) is 0. The Morgan fingerprint density at radius 2 is 1.87 bits per heavy atom. The van der Waals surface area contributed by atoms with Crippen LogP contribution in [0.15, 0.2) is 23.3 Å². The topological polar surface area (TPSA) is 0 Å². The van der Waals surface area contributed by atoms with Gasteiger partial charge in [0.2, 0.25) is 0 Å². The third kappa shape index (κ3) is 4.68. The van der Waals surface area contributed by atoms with Gasteiger partial charge in [-0.05, 0) is 50.5 Å². The van der Waals surface area contributed by atoms with E-state index in [0.29, 0.717) is 0 Å². The molecule has 0 N–H and O–H groups in total. The van der Waals surface area contributed by atoms with Gasteiger partial charge in [0, 0.05) is 0 Å². The van der Waals surface area contributed by atoms with Crippen LogP contribution in [0.2, 0.25) is 0 Å². The molecule has 0 nitrogen and oxygen atoms in total. The first-order valence-electron chi connectivity index (χ1n) is 6.44. The third-order valence-electron chi connectivity index (χ3n) is 3.53. The third-order valence-corrected chi connectivity index (χ3v) is 3.53. The van der Waals surface area contributed by atoms with Crippen LogP contribution in [-0.4, -0.2) is 0 Å². The molecule has 2 atom stereocenters. The fourth-order valence-corrected chi connectivity index (χ4v) is 2.21. The Bertz CT molecular complexity index is 241. The predicted molar refractivity (Wildman–Crippen MR) is 68.9 cm³/mol. The van der Waals surface area contributed by atoms with Crippen molar-refractivity contribution in [1.29, 1.82) is 0 Å². The quantitative estimate of drug-likeness (QED) is 0.516. The summed E-state index contributed by atoms with van der Waals surface area (Å²) in [6.45, 7) is 9.21. The molecule has 1 aliphatic rings. The van der Waals surface area contributed by atoms with Crippen LogP contribution in [0.1, 0.15) is 59.8 Å². The molecular weight excluding hydrogens is 180 g/mol. The molecule has 0 heteroatoms. The summed E-state index contributed by atoms with van der Waals surface area (Å²) in [7, 11) is 0. The molecule has 0 aromatic carbocycles. The lowest BCUT2D eigenvalue weighted by Gasteiger charge is -2.16. The lowest BCUT2D eigenvalue weighted by Crippen LogP contribution is -2.00. The highest BCUT2D eigenvalue weighted by molar-refractivity contribution is 5.24. The van der Waals surface area contributed by atoms with Crippen LogP contribution in [0.3, 0.4) is 0 Å². The molecule has 0 saturated heterocycles. The number of hydrogen-bond donors (Lipinski definition) is 0. The fraction of sp³-hybridized carbons (Fsp3) is 0.733. The SMILES string of the molecule is CC(C)=C1C=CC(C)CCCC(C)CC1. The highest BCUT2D eigenvalue weighted by Gasteiger charge is 2.08. The minimum Gasteiger partial charge on any atom is -0.0814 e. The molecule has 0 heterocycles. The van der Waals surface area contributed by atoms with Crippen molar-refractivity contribution < 1.29 is 0 Å². The second-order valence-corrected chi connectivity index (χ2v) is 5.44. The Balaban J connectivity index is 2.72. The molecule has 0 bridgehead atoms. The van der Waals surface area contributed by atoms with Crippen molar-refractivity contribution >= 4 is 0 Å². The van der Waals surface area contributed by atoms with Gasteiger partial charge in [-0.25, -0.2) is 0 Å². The van der Waals surface area contributed by atoms with Crippen LogP contribution in [0.5, 0.6) is 0 Å². The molecule has 0 aliphatic heterocycles. The van der Waals surface area contributed by atoms with Gasteiger partial charge in [-0.15, -0.1) is 0 Å². The van der Waals surface area contributed by atoms with E-state index < -0.39 is 0 Å². The molecule has 0 aromatic heterocycles. The molecule has 0 fully saturated rings. The minimum absolute atomic E-state index is 0.754. The molecule has 0 amide bonds. The number of allylic oxidation sites excluding steroid dienone is 4. The second-order valence-electron chi connectivity index (χ2n) is 5.44. The molecule has 86 valence electrons. The first-order valence-corrected chi connectivity index (χ1v) is 6.44. The Kier molecular flexibility index (Phi) is 5.14. The fourth-order valence-electron chi connectivity index (χ4n) is 2.21. The zero-order valence-corrected chi connectivity index (χ0v) is 10.8. The van der Waals surface area contributed by atoms with Crippen molar-refractivity contribution in [3.63, 3.8) is 0 Å². The van der Waals surface area contributed by atoms with Crippen molar-refractivity contribution in [3.05, 3.63) is 23.3 Å². The van der Waals surface area contributed by atoms with Gasteiger partial charge < -0.3 is 0 Å². The smallest absolute Gasteiger partial charge is 0.0259 e. The summed E-state index contributed by atoms with van der Waals surface area (Å²) in [6.07, 6.45) is 11.6. The largest absolute Gasteiger partial charge is 0.0814 e. The molecule has 2 unspecified atom stereocenters. The van der Waals surface area contributed by atoms with Crippen LogP contribution in [0.25, 0.3) is 0 Å². The summed E-state index contributed by atoms with van der Waals surface area (Å²) in [4.78, 5) is 0. The highest BCUT2D eigenvalue weighted by Crippen LogP contribution is 2.24. The van der Waals surface area contributed by atoms with E-state index in [1.165, 1.54) is 37.7 Å². The lowest BCUT2D eigenvalue weighted by molar-refractivity contribution is 0.444. The molecule has 0 radical (unpaired) electrons. The van der Waals surface area contributed by atoms with Gasteiger partial charge in [-0.2, -0.15) is 0 Å². The lowest BCUT2D eigenvalue weighted by atomic mass is 9.90. The standard InChI is InChI=1S/C15H26/c1-12(2)15-10-8-13(3)6-5-7-14(4)9-11-15/h8,10,13-14H,5-7,9,11H2,1-4H3. The van der Waals surface area contributed by atoms with Gasteiger partial charge in [-0.3, -0.25) is 0 Å². The van der Waals surface area contributed by atoms with Crippen molar-refractivity contribution in [2.75, 3.05) is 0 Å². The van der Waals surface area contributed by atoms with Crippen LogP contribution >= 0.6 is 0 Å². The summed E-state index contributed by atoms with van der Waals surface area (Å²) < 4.78 is 0. The van der Waals surface area contributed by atoms with Gasteiger partial charge in [-0.1, -0.05) is 44.4 Å². The summed E-state index contributed by atoms with van der Waals surface area (Å²) >= 11 is 0. The maximum atomic E-state index is 2.40. The summed E-state index contributed by atoms with van der Waals surface area (Å²) in [5, 5.41) is 0. The Hall–Kier alpha value is -0.520. The van der Waals surface area contributed by atoms with E-state index in [2.05, 4.69) is 39.8 Å². The van der Waals surface area contributed by atoms with Crippen molar-refractivity contribution in [2.45, 2.75) is 59.8 Å². The van der Waals surface area contributed by atoms with E-state index in [0.717, 1.165) is 11.8 Å². The first-order chi connectivity index (χ1) is 7.09. The summed E-state index contributed by atoms with van der Waals surface area (Å²) in [5.41, 5.74) is 3.06. The van der Waals surface area contributed by atoms with Crippen LogP contribution in [-0.2, 0) is 0 Å². The zero-order chi connectivity index (χ0) is 11.3. The normalized spacial score (nSPS) is 28.9. The van der Waals surface area contributed by atoms with Gasteiger partial charge in [0.25, 0.3) is 0 Å². The van der Waals surface area contributed by atoms with Gasteiger partial charge in [0.1, 0.15) is 0 Å². The van der Waals surface area contributed by atoms with Crippen molar-refractivity contribution in [1.82, 2.24) is 0 Å². The van der Waals surface area contributed by atoms with Gasteiger partial charge in [0.05, 0.1) is 0 Å². The van der Waals surface area contributed by atoms with Crippen LogP contribution in [0.4, 0.5) is 0 Å². The highest BCUT2D eigenvalue weighted by atomic mass is 14.1. The predicted octanol–water partition coefficient (Wildman–Crippen LogP) is 5.12. The maximum Gasteiger partial charge on any atom is -0.0259 e. The minimum atomic E-state index is 0.754. The first kappa shape index (κ1) is 12.5. The molecule has 1 rings (SSSR count). The Morgan fingerprint density at radius 1 is 1.13 bits per heavy atom. The second kappa shape index (κ2) is 6.15. The van der Waals surface area contributed by atoms with E-state index in [9.17, 15) is 0 Å². The van der Waals surface area contributed by atoms with Crippen LogP contribution in [0, 0.1) is 11.8 Å². The molecular formula is C15H26. The monoisotopic (exact) mass is 206 g/mol. The van der Waals surface area contributed by atoms with Crippen molar-refractivity contribution in [3.8, 4) is 0 Å². The Labute approximate surface area is 95.5 Å². The van der Waals surface area contributed by atoms with Gasteiger partial charge >= 0.3 is 0 Å². The van der Waals surface area contributed by atoms with Crippen molar-refractivity contribution in [2.24, 2.45) is 11.8 Å². The van der Waals surface area contributed by atoms with E-state index in [1.807, 2.05) is 0 Å². The molecule has 1 aliphatic carbocycles. The average Bonchev–Trinajstić information content (AvgIpc) is 2.16. The van der Waals surface area contributed by atoms with Crippen LogP contribution < -0.4 is 0 Å². The number of rotatable bonds is 0. The van der Waals surface area contributed by atoms with E-state index in [1.54, 1.807) is 5.57 Å². The molecule has 0 aromatic rings. The molecule has 15 heavy (non-hydrogen) atoms. The summed E-state index contributed by atoms with van der Waals surface area (Å²) in [5.74, 6) is 1.66. The van der Waals surface area contributed by atoms with E-state index >= 15 is 0 Å². The molecule has 0 spiro atoms. The molecule has 0 saturated carbocycles. The summed E-state index contributed by atoms with van der Waals surface area (Å²) in [6, 6.07) is 0. The van der Waals surface area contributed by atoms with E-state index in [4.69, 9.17) is 0 Å².